The highest BCUT2D eigenvalue weighted by atomic mass is 16.5. The Balaban J connectivity index is 1.82. The molecule has 2 aromatic rings. The first-order valence-corrected chi connectivity index (χ1v) is 6.86. The molecule has 0 aliphatic heterocycles. The molecule has 0 saturated heterocycles. The van der Waals surface area contributed by atoms with Crippen LogP contribution in [-0.2, 0) is 0 Å². The Labute approximate surface area is 120 Å². The predicted octanol–water partition coefficient (Wildman–Crippen LogP) is 4.48. The predicted molar refractivity (Wildman–Crippen MR) is 82.2 cm³/mol. The minimum Gasteiger partial charge on any atom is -0.487 e. The van der Waals surface area contributed by atoms with Crippen LogP contribution in [0.2, 0.25) is 0 Å². The van der Waals surface area contributed by atoms with Crippen LogP contribution in [0, 0.1) is 0 Å². The largest absolute Gasteiger partial charge is 0.487 e. The van der Waals surface area contributed by atoms with Crippen LogP contribution in [0.15, 0.2) is 72.8 Å². The maximum atomic E-state index is 5.77. The minimum atomic E-state index is 0.0132. The molecule has 0 aromatic heterocycles. The van der Waals surface area contributed by atoms with E-state index in [2.05, 4.69) is 0 Å². The minimum absolute atomic E-state index is 0.0132. The van der Waals surface area contributed by atoms with Gasteiger partial charge >= 0.3 is 0 Å². The number of rotatable bonds is 6. The van der Waals surface area contributed by atoms with Crippen LogP contribution in [0.3, 0.4) is 0 Å². The number of hydrogen-bond acceptors (Lipinski definition) is 2. The van der Waals surface area contributed by atoms with Crippen LogP contribution in [0.5, 0.6) is 11.5 Å². The van der Waals surface area contributed by atoms with Crippen molar-refractivity contribution in [3.8, 4) is 11.5 Å². The lowest BCUT2D eigenvalue weighted by Gasteiger charge is -2.13. The average molecular weight is 268 g/mol. The highest BCUT2D eigenvalue weighted by Crippen LogP contribution is 2.13. The lowest BCUT2D eigenvalue weighted by Crippen LogP contribution is -2.12. The van der Waals surface area contributed by atoms with Crippen LogP contribution in [0.25, 0.3) is 0 Å². The van der Waals surface area contributed by atoms with Crippen molar-refractivity contribution in [1.29, 1.82) is 0 Å². The SMILES string of the molecule is CC(C=CC(C)Oc1ccccc1)Oc1ccccc1. The van der Waals surface area contributed by atoms with Crippen LogP contribution in [0.4, 0.5) is 0 Å². The summed E-state index contributed by atoms with van der Waals surface area (Å²) < 4.78 is 11.5. The quantitative estimate of drug-likeness (QED) is 0.719. The molecule has 0 heterocycles. The molecular formula is C18H20O2. The summed E-state index contributed by atoms with van der Waals surface area (Å²) in [6, 6.07) is 19.6. The van der Waals surface area contributed by atoms with Crippen molar-refractivity contribution in [3.63, 3.8) is 0 Å². The topological polar surface area (TPSA) is 18.5 Å². The highest BCUT2D eigenvalue weighted by molar-refractivity contribution is 5.23. The molecule has 2 nitrogen and oxygen atoms in total. The van der Waals surface area contributed by atoms with E-state index in [0.717, 1.165) is 11.5 Å². The normalized spacial score (nSPS) is 13.9. The van der Waals surface area contributed by atoms with Gasteiger partial charge in [-0.1, -0.05) is 36.4 Å². The summed E-state index contributed by atoms with van der Waals surface area (Å²) in [5, 5.41) is 0. The molecule has 0 fully saturated rings. The molecular weight excluding hydrogens is 248 g/mol. The molecule has 0 aliphatic rings. The number of hydrogen-bond donors (Lipinski definition) is 0. The van der Waals surface area contributed by atoms with Crippen molar-refractivity contribution in [1.82, 2.24) is 0 Å². The van der Waals surface area contributed by atoms with E-state index in [1.165, 1.54) is 0 Å². The second kappa shape index (κ2) is 7.39. The highest BCUT2D eigenvalue weighted by Gasteiger charge is 2.02. The Morgan fingerprint density at radius 1 is 0.650 bits per heavy atom. The van der Waals surface area contributed by atoms with Crippen molar-refractivity contribution < 1.29 is 9.47 Å². The van der Waals surface area contributed by atoms with Crippen LogP contribution in [0.1, 0.15) is 13.8 Å². The Morgan fingerprint density at radius 3 is 1.35 bits per heavy atom. The summed E-state index contributed by atoms with van der Waals surface area (Å²) in [4.78, 5) is 0. The third-order valence-corrected chi connectivity index (χ3v) is 2.78. The van der Waals surface area contributed by atoms with Crippen molar-refractivity contribution in [2.45, 2.75) is 26.1 Å². The van der Waals surface area contributed by atoms with Gasteiger partial charge < -0.3 is 9.47 Å². The zero-order chi connectivity index (χ0) is 14.2. The van der Waals surface area contributed by atoms with E-state index in [9.17, 15) is 0 Å². The van der Waals surface area contributed by atoms with Crippen molar-refractivity contribution in [2.24, 2.45) is 0 Å². The van der Waals surface area contributed by atoms with Gasteiger partial charge in [-0.3, -0.25) is 0 Å². The lowest BCUT2D eigenvalue weighted by atomic mass is 10.2. The summed E-state index contributed by atoms with van der Waals surface area (Å²) in [5.74, 6) is 1.75. The fourth-order valence-corrected chi connectivity index (χ4v) is 1.82. The Hall–Kier alpha value is -2.22. The maximum absolute atomic E-state index is 5.77. The zero-order valence-corrected chi connectivity index (χ0v) is 11.9. The molecule has 0 amide bonds. The van der Waals surface area contributed by atoms with Gasteiger partial charge in [0, 0.05) is 0 Å². The van der Waals surface area contributed by atoms with Gasteiger partial charge in [-0.05, 0) is 50.3 Å². The van der Waals surface area contributed by atoms with Gasteiger partial charge in [0.15, 0.2) is 0 Å². The summed E-state index contributed by atoms with van der Waals surface area (Å²) >= 11 is 0. The van der Waals surface area contributed by atoms with E-state index in [4.69, 9.17) is 9.47 Å². The second-order valence-corrected chi connectivity index (χ2v) is 4.66. The summed E-state index contributed by atoms with van der Waals surface area (Å²) in [6.45, 7) is 4.03. The van der Waals surface area contributed by atoms with E-state index in [1.807, 2.05) is 86.7 Å². The van der Waals surface area contributed by atoms with Crippen molar-refractivity contribution in [3.05, 3.63) is 72.8 Å². The van der Waals surface area contributed by atoms with E-state index in [-0.39, 0.29) is 12.2 Å². The molecule has 0 bridgehead atoms. The van der Waals surface area contributed by atoms with E-state index in [1.54, 1.807) is 0 Å². The van der Waals surface area contributed by atoms with Gasteiger partial charge in [0.05, 0.1) is 0 Å². The van der Waals surface area contributed by atoms with Crippen molar-refractivity contribution >= 4 is 0 Å². The van der Waals surface area contributed by atoms with E-state index < -0.39 is 0 Å². The Bertz CT molecular complexity index is 470. The fraction of sp³-hybridized carbons (Fsp3) is 0.222. The molecule has 104 valence electrons. The molecule has 2 aromatic carbocycles. The maximum Gasteiger partial charge on any atom is 0.120 e. The van der Waals surface area contributed by atoms with Gasteiger partial charge in [-0.15, -0.1) is 0 Å². The molecule has 0 radical (unpaired) electrons. The molecule has 0 saturated carbocycles. The number of ether oxygens (including phenoxy) is 2. The third kappa shape index (κ3) is 4.81. The number of benzene rings is 2. The second-order valence-electron chi connectivity index (χ2n) is 4.66. The molecule has 2 unspecified atom stereocenters. The summed E-state index contributed by atoms with van der Waals surface area (Å²) in [6.07, 6.45) is 4.06. The van der Waals surface area contributed by atoms with E-state index >= 15 is 0 Å². The zero-order valence-electron chi connectivity index (χ0n) is 11.9. The third-order valence-electron chi connectivity index (χ3n) is 2.78. The standard InChI is InChI=1S/C18H20O2/c1-15(19-17-9-5-3-6-10-17)13-14-16(2)20-18-11-7-4-8-12-18/h3-16H,1-2H3. The molecule has 0 aliphatic carbocycles. The lowest BCUT2D eigenvalue weighted by molar-refractivity contribution is 0.254. The monoisotopic (exact) mass is 268 g/mol. The first kappa shape index (κ1) is 14.2. The smallest absolute Gasteiger partial charge is 0.120 e. The van der Waals surface area contributed by atoms with Crippen LogP contribution < -0.4 is 9.47 Å². The summed E-state index contributed by atoms with van der Waals surface area (Å²) in [7, 11) is 0. The van der Waals surface area contributed by atoms with Gasteiger partial charge in [0.2, 0.25) is 0 Å². The average Bonchev–Trinajstić information content (AvgIpc) is 2.47. The van der Waals surface area contributed by atoms with E-state index in [0.29, 0.717) is 0 Å². The first-order chi connectivity index (χ1) is 9.74. The van der Waals surface area contributed by atoms with Gasteiger partial charge in [0.1, 0.15) is 23.7 Å². The van der Waals surface area contributed by atoms with Crippen LogP contribution in [-0.4, -0.2) is 12.2 Å². The molecule has 20 heavy (non-hydrogen) atoms. The Kier molecular flexibility index (Phi) is 5.24. The molecule has 2 rings (SSSR count). The van der Waals surface area contributed by atoms with Crippen LogP contribution >= 0.6 is 0 Å². The molecule has 2 atom stereocenters. The Morgan fingerprint density at radius 2 is 1.00 bits per heavy atom. The van der Waals surface area contributed by atoms with Gasteiger partial charge in [-0.25, -0.2) is 0 Å². The summed E-state index contributed by atoms with van der Waals surface area (Å²) in [5.41, 5.74) is 0. The first-order valence-electron chi connectivity index (χ1n) is 6.86. The molecule has 0 spiro atoms. The number of para-hydroxylation sites is 2. The van der Waals surface area contributed by atoms with Crippen molar-refractivity contribution in [2.75, 3.05) is 0 Å². The van der Waals surface area contributed by atoms with Gasteiger partial charge in [0.25, 0.3) is 0 Å². The molecule has 0 N–H and O–H groups in total. The van der Waals surface area contributed by atoms with Gasteiger partial charge in [-0.2, -0.15) is 0 Å². The fourth-order valence-electron chi connectivity index (χ4n) is 1.82. The molecule has 2 heteroatoms.